The second-order valence-electron chi connectivity index (χ2n) is 20.7. The Hall–Kier alpha value is -8.72. The van der Waals surface area contributed by atoms with Gasteiger partial charge in [0.2, 0.25) is 0 Å². The van der Waals surface area contributed by atoms with Gasteiger partial charge in [0.15, 0.2) is 0 Å². The van der Waals surface area contributed by atoms with E-state index in [-0.39, 0.29) is 5.41 Å². The summed E-state index contributed by atoms with van der Waals surface area (Å²) in [5.74, 6) is 0.564. The van der Waals surface area contributed by atoms with E-state index in [2.05, 4.69) is 271 Å². The van der Waals surface area contributed by atoms with E-state index >= 15 is 0 Å². The maximum atomic E-state index is 2.50. The number of anilines is 3. The third-order valence-corrected chi connectivity index (χ3v) is 16.7. The largest absolute Gasteiger partial charge is 0.310 e. The van der Waals surface area contributed by atoms with Crippen molar-refractivity contribution in [3.05, 3.63) is 277 Å². The quantitative estimate of drug-likeness (QED) is 0.140. The zero-order valence-corrected chi connectivity index (χ0v) is 41.8. The number of aromatic nitrogens is 1. The van der Waals surface area contributed by atoms with Gasteiger partial charge in [-0.2, -0.15) is 0 Å². The molecule has 0 N–H and O–H groups in total. The molecule has 1 unspecified atom stereocenters. The van der Waals surface area contributed by atoms with Gasteiger partial charge in [0, 0.05) is 44.4 Å². The van der Waals surface area contributed by atoms with Crippen LogP contribution in [0.3, 0.4) is 0 Å². The second-order valence-corrected chi connectivity index (χ2v) is 20.7. The molecule has 0 spiro atoms. The van der Waals surface area contributed by atoms with Crippen molar-refractivity contribution >= 4 is 49.6 Å². The number of benzene rings is 11. The molecule has 74 heavy (non-hydrogen) atoms. The van der Waals surface area contributed by atoms with Crippen LogP contribution in [-0.2, 0) is 5.41 Å². The monoisotopic (exact) mass is 948 g/mol. The van der Waals surface area contributed by atoms with Gasteiger partial charge in [-0.3, -0.25) is 0 Å². The zero-order valence-electron chi connectivity index (χ0n) is 41.8. The molecule has 2 nitrogen and oxygen atoms in total. The summed E-state index contributed by atoms with van der Waals surface area (Å²) in [7, 11) is 0. The van der Waals surface area contributed by atoms with E-state index in [9.17, 15) is 0 Å². The van der Waals surface area contributed by atoms with Gasteiger partial charge in [-0.1, -0.05) is 219 Å². The fourth-order valence-corrected chi connectivity index (χ4v) is 13.1. The molecule has 11 aromatic carbocycles. The molecule has 0 amide bonds. The minimum atomic E-state index is -0.271. The molecule has 1 saturated carbocycles. The lowest BCUT2D eigenvalue weighted by atomic mass is 9.74. The minimum absolute atomic E-state index is 0.271. The van der Waals surface area contributed by atoms with Crippen molar-refractivity contribution in [2.75, 3.05) is 4.90 Å². The molecule has 1 heterocycles. The van der Waals surface area contributed by atoms with E-state index in [0.717, 1.165) is 28.3 Å². The van der Waals surface area contributed by atoms with E-state index in [4.69, 9.17) is 0 Å². The Morgan fingerprint density at radius 3 is 1.89 bits per heavy atom. The van der Waals surface area contributed by atoms with Gasteiger partial charge < -0.3 is 9.47 Å². The summed E-state index contributed by atoms with van der Waals surface area (Å²) >= 11 is 0. The molecule has 0 radical (unpaired) electrons. The smallest absolute Gasteiger partial charge is 0.0619 e. The summed E-state index contributed by atoms with van der Waals surface area (Å²) in [6, 6.07) is 95.2. The van der Waals surface area contributed by atoms with Gasteiger partial charge in [0.1, 0.15) is 0 Å². The summed E-state index contributed by atoms with van der Waals surface area (Å²) in [5.41, 5.74) is 22.1. The van der Waals surface area contributed by atoms with Crippen molar-refractivity contribution in [3.63, 3.8) is 0 Å². The molecule has 2 heteroatoms. The van der Waals surface area contributed by atoms with Gasteiger partial charge >= 0.3 is 0 Å². The molecule has 1 fully saturated rings. The van der Waals surface area contributed by atoms with Gasteiger partial charge in [0.25, 0.3) is 0 Å². The molecule has 1 aromatic heterocycles. The molecular weight excluding hydrogens is 893 g/mol. The summed E-state index contributed by atoms with van der Waals surface area (Å²) in [5, 5.41) is 5.19. The molecule has 354 valence electrons. The van der Waals surface area contributed by atoms with Crippen molar-refractivity contribution in [1.82, 2.24) is 4.57 Å². The van der Waals surface area contributed by atoms with Crippen LogP contribution in [0.1, 0.15) is 67.2 Å². The molecule has 0 saturated heterocycles. The van der Waals surface area contributed by atoms with Crippen LogP contribution in [0.15, 0.2) is 255 Å². The molecule has 1 atom stereocenters. The predicted octanol–water partition coefficient (Wildman–Crippen LogP) is 19.8. The van der Waals surface area contributed by atoms with Crippen LogP contribution < -0.4 is 4.90 Å². The zero-order chi connectivity index (χ0) is 49.2. The second kappa shape index (κ2) is 18.1. The summed E-state index contributed by atoms with van der Waals surface area (Å²) in [6.45, 7) is 2.40. The first-order valence-corrected chi connectivity index (χ1v) is 26.6. The van der Waals surface area contributed by atoms with Gasteiger partial charge in [0.05, 0.1) is 16.7 Å². The average molecular weight is 949 g/mol. The number of para-hydroxylation sites is 4. The minimum Gasteiger partial charge on any atom is -0.310 e. The van der Waals surface area contributed by atoms with Gasteiger partial charge in [-0.25, -0.2) is 0 Å². The standard InChI is InChI=1S/C72H56N2/c1-72(54-26-7-3-8-27-54)66-38-14-11-31-60(66)61-46-43-52(48-67(61)72)49-41-44-56(45-42-49)73(68-39-15-12-32-62(68)64-36-19-24-51-23-18-34-58(70(51)64)50-21-5-2-6-22-50)57-30-17-25-53(47-57)59-35-20-37-65-63-33-13-16-40-69(63)74(71(59)65)55-28-9-4-10-29-55/h3-4,7-20,23-48,50H,2,5-6,21-22H2,1H3. The maximum Gasteiger partial charge on any atom is 0.0619 e. The Bertz CT molecular complexity index is 4060. The third kappa shape index (κ3) is 7.15. The first-order valence-electron chi connectivity index (χ1n) is 26.6. The topological polar surface area (TPSA) is 8.17 Å². The summed E-state index contributed by atoms with van der Waals surface area (Å²) in [6.07, 6.45) is 6.43. The van der Waals surface area contributed by atoms with Crippen molar-refractivity contribution in [2.24, 2.45) is 0 Å². The first-order chi connectivity index (χ1) is 36.6. The van der Waals surface area contributed by atoms with Gasteiger partial charge in [-0.05, 0) is 147 Å². The van der Waals surface area contributed by atoms with Crippen molar-refractivity contribution in [1.29, 1.82) is 0 Å². The maximum absolute atomic E-state index is 2.50. The number of rotatable bonds is 9. The third-order valence-electron chi connectivity index (χ3n) is 16.7. The molecule has 0 bridgehead atoms. The summed E-state index contributed by atoms with van der Waals surface area (Å²) in [4.78, 5) is 2.50. The highest BCUT2D eigenvalue weighted by molar-refractivity contribution is 6.14. The highest BCUT2D eigenvalue weighted by Gasteiger charge is 2.40. The number of hydrogen-bond acceptors (Lipinski definition) is 1. The molecule has 2 aliphatic rings. The lowest BCUT2D eigenvalue weighted by Crippen LogP contribution is -2.22. The lowest BCUT2D eigenvalue weighted by Gasteiger charge is -2.30. The van der Waals surface area contributed by atoms with Crippen LogP contribution in [0.2, 0.25) is 0 Å². The van der Waals surface area contributed by atoms with Crippen molar-refractivity contribution < 1.29 is 0 Å². The Kier molecular flexibility index (Phi) is 10.8. The van der Waals surface area contributed by atoms with E-state index in [0.29, 0.717) is 5.92 Å². The Morgan fingerprint density at radius 2 is 1.05 bits per heavy atom. The van der Waals surface area contributed by atoms with Crippen LogP contribution in [0.5, 0.6) is 0 Å². The molecule has 2 aliphatic carbocycles. The highest BCUT2D eigenvalue weighted by atomic mass is 15.1. The Morgan fingerprint density at radius 1 is 0.419 bits per heavy atom. The van der Waals surface area contributed by atoms with E-state index in [1.54, 1.807) is 0 Å². The molecular formula is C72H56N2. The molecule has 0 aliphatic heterocycles. The average Bonchev–Trinajstić information content (AvgIpc) is 3.95. The van der Waals surface area contributed by atoms with Crippen LogP contribution in [0.4, 0.5) is 17.1 Å². The SMILES string of the molecule is CC1(c2ccccc2)c2ccccc2-c2ccc(-c3ccc(N(c4cccc(-c5cccc6c7ccccc7n(-c7ccccc7)c56)c4)c4ccccc4-c4cccc5cccc(C6CCCCC6)c45)cc3)cc21. The van der Waals surface area contributed by atoms with Crippen molar-refractivity contribution in [2.45, 2.75) is 50.4 Å². The van der Waals surface area contributed by atoms with Gasteiger partial charge in [-0.15, -0.1) is 0 Å². The fourth-order valence-electron chi connectivity index (χ4n) is 13.1. The number of nitrogens with zero attached hydrogens (tertiary/aromatic N) is 2. The lowest BCUT2D eigenvalue weighted by molar-refractivity contribution is 0.445. The molecule has 14 rings (SSSR count). The number of fused-ring (bicyclic) bond motifs is 7. The fraction of sp³-hybridized carbons (Fsp3) is 0.111. The highest BCUT2D eigenvalue weighted by Crippen LogP contribution is 2.54. The first kappa shape index (κ1) is 44.0. The Balaban J connectivity index is 0.947. The van der Waals surface area contributed by atoms with E-state index < -0.39 is 0 Å². The van der Waals surface area contributed by atoms with E-state index in [1.807, 2.05) is 0 Å². The number of hydrogen-bond donors (Lipinski definition) is 0. The van der Waals surface area contributed by atoms with Crippen LogP contribution in [-0.4, -0.2) is 4.57 Å². The molecule has 12 aromatic rings. The van der Waals surface area contributed by atoms with Crippen LogP contribution >= 0.6 is 0 Å². The predicted molar refractivity (Wildman–Crippen MR) is 313 cm³/mol. The van der Waals surface area contributed by atoms with Crippen molar-refractivity contribution in [3.8, 4) is 50.2 Å². The van der Waals surface area contributed by atoms with E-state index in [1.165, 1.54) is 126 Å². The Labute approximate surface area is 434 Å². The normalized spacial score (nSPS) is 15.4. The van der Waals surface area contributed by atoms with Crippen LogP contribution in [0, 0.1) is 0 Å². The van der Waals surface area contributed by atoms with Crippen LogP contribution in [0.25, 0.3) is 82.8 Å². The summed E-state index contributed by atoms with van der Waals surface area (Å²) < 4.78 is 2.45.